The van der Waals surface area contributed by atoms with Crippen molar-refractivity contribution in [2.75, 3.05) is 11.5 Å². The van der Waals surface area contributed by atoms with E-state index in [9.17, 15) is 13.2 Å². The van der Waals surface area contributed by atoms with E-state index in [1.165, 1.54) is 21.8 Å². The second kappa shape index (κ2) is 6.26. The van der Waals surface area contributed by atoms with Gasteiger partial charge in [0.2, 0.25) is 0 Å². The summed E-state index contributed by atoms with van der Waals surface area (Å²) in [6.45, 7) is 4.22. The van der Waals surface area contributed by atoms with Crippen molar-refractivity contribution in [2.45, 2.75) is 45.6 Å². The van der Waals surface area contributed by atoms with Gasteiger partial charge in [0.25, 0.3) is 5.91 Å². The van der Waals surface area contributed by atoms with Crippen molar-refractivity contribution in [1.82, 2.24) is 5.32 Å². The molecule has 0 unspecified atom stereocenters. The molecule has 0 spiro atoms. The Balaban J connectivity index is 2.06. The maximum Gasteiger partial charge on any atom is 0.261 e. The first kappa shape index (κ1) is 15.5. The molecule has 1 amide bonds. The van der Waals surface area contributed by atoms with Gasteiger partial charge in [-0.15, -0.1) is 11.3 Å². The van der Waals surface area contributed by atoms with Crippen LogP contribution in [0.2, 0.25) is 0 Å². The molecule has 0 radical (unpaired) electrons. The van der Waals surface area contributed by atoms with Crippen LogP contribution in [0.5, 0.6) is 0 Å². The Bertz CT molecular complexity index is 590. The summed E-state index contributed by atoms with van der Waals surface area (Å²) in [6.07, 6.45) is 3.52. The third-order valence-corrected chi connectivity index (χ3v) is 6.55. The van der Waals surface area contributed by atoms with Crippen molar-refractivity contribution in [3.8, 4) is 0 Å². The van der Waals surface area contributed by atoms with Crippen molar-refractivity contribution >= 4 is 27.1 Å². The number of thiophene rings is 1. The largest absolute Gasteiger partial charge is 0.348 e. The van der Waals surface area contributed by atoms with Crippen molar-refractivity contribution in [3.63, 3.8) is 0 Å². The summed E-state index contributed by atoms with van der Waals surface area (Å²) in [5.74, 6) is 0.130. The van der Waals surface area contributed by atoms with Crippen LogP contribution in [0.4, 0.5) is 0 Å². The van der Waals surface area contributed by atoms with Gasteiger partial charge in [0.1, 0.15) is 0 Å². The number of amides is 1. The molecule has 112 valence electrons. The lowest BCUT2D eigenvalue weighted by molar-refractivity contribution is 0.0945. The van der Waals surface area contributed by atoms with Gasteiger partial charge in [-0.3, -0.25) is 4.79 Å². The first-order valence-corrected chi connectivity index (χ1v) is 9.71. The fourth-order valence-corrected chi connectivity index (χ4v) is 5.41. The van der Waals surface area contributed by atoms with Crippen LogP contribution in [-0.4, -0.2) is 31.9 Å². The van der Waals surface area contributed by atoms with Gasteiger partial charge >= 0.3 is 0 Å². The third kappa shape index (κ3) is 3.61. The number of nitrogens with one attached hydrogen (secondary N) is 1. The Morgan fingerprint density at radius 2 is 2.20 bits per heavy atom. The van der Waals surface area contributed by atoms with E-state index in [2.05, 4.69) is 19.2 Å². The normalized spacial score (nSPS) is 21.0. The molecule has 1 saturated heterocycles. The molecule has 20 heavy (non-hydrogen) atoms. The molecule has 1 aliphatic rings. The van der Waals surface area contributed by atoms with Crippen molar-refractivity contribution < 1.29 is 13.2 Å². The zero-order chi connectivity index (χ0) is 14.8. The highest BCUT2D eigenvalue weighted by Gasteiger charge is 2.29. The summed E-state index contributed by atoms with van der Waals surface area (Å²) in [6, 6.07) is 1.73. The molecule has 2 rings (SSSR count). The molecule has 0 aliphatic carbocycles. The van der Waals surface area contributed by atoms with Crippen LogP contribution >= 0.6 is 11.3 Å². The molecule has 4 nitrogen and oxygen atoms in total. The quantitative estimate of drug-likeness (QED) is 0.906. The number of aryl methyl sites for hydroxylation is 2. The Labute approximate surface area is 124 Å². The SMILES string of the molecule is CCCc1sc(C(=O)N[C@H]2CCS(=O)(=O)C2)cc1CC. The predicted molar refractivity (Wildman–Crippen MR) is 82.2 cm³/mol. The van der Waals surface area contributed by atoms with Gasteiger partial charge in [-0.25, -0.2) is 8.42 Å². The molecule has 0 saturated carbocycles. The fraction of sp³-hybridized carbons (Fsp3) is 0.643. The van der Waals surface area contributed by atoms with Gasteiger partial charge in [0, 0.05) is 10.9 Å². The predicted octanol–water partition coefficient (Wildman–Crippen LogP) is 2.18. The zero-order valence-electron chi connectivity index (χ0n) is 11.9. The van der Waals surface area contributed by atoms with E-state index in [0.717, 1.165) is 19.3 Å². The molecule has 1 N–H and O–H groups in total. The molecule has 1 aromatic rings. The molecule has 0 aromatic carbocycles. The van der Waals surface area contributed by atoms with E-state index in [1.54, 1.807) is 0 Å². The second-order valence-electron chi connectivity index (χ2n) is 5.24. The lowest BCUT2D eigenvalue weighted by Crippen LogP contribution is -2.35. The lowest BCUT2D eigenvalue weighted by atomic mass is 10.1. The second-order valence-corrected chi connectivity index (χ2v) is 8.60. The highest BCUT2D eigenvalue weighted by Crippen LogP contribution is 2.25. The standard InChI is InChI=1S/C14H21NO3S2/c1-3-5-12-10(4-2)8-13(19-12)14(16)15-11-6-7-20(17,18)9-11/h8,11H,3-7,9H2,1-2H3,(H,15,16)/t11-/m0/s1. The van der Waals surface area contributed by atoms with Crippen LogP contribution in [-0.2, 0) is 22.7 Å². The van der Waals surface area contributed by atoms with Crippen LogP contribution < -0.4 is 5.32 Å². The Morgan fingerprint density at radius 3 is 2.75 bits per heavy atom. The molecule has 6 heteroatoms. The maximum absolute atomic E-state index is 12.2. The number of hydrogen-bond acceptors (Lipinski definition) is 4. The molecule has 1 aliphatic heterocycles. The molecular formula is C14H21NO3S2. The van der Waals surface area contributed by atoms with E-state index in [4.69, 9.17) is 0 Å². The van der Waals surface area contributed by atoms with E-state index < -0.39 is 9.84 Å². The Hall–Kier alpha value is -0.880. The highest BCUT2D eigenvalue weighted by atomic mass is 32.2. The average molecular weight is 315 g/mol. The van der Waals surface area contributed by atoms with Crippen LogP contribution in [0.25, 0.3) is 0 Å². The zero-order valence-corrected chi connectivity index (χ0v) is 13.6. The number of hydrogen-bond donors (Lipinski definition) is 1. The Morgan fingerprint density at radius 1 is 1.45 bits per heavy atom. The summed E-state index contributed by atoms with van der Waals surface area (Å²) < 4.78 is 22.8. The van der Waals surface area contributed by atoms with Crippen molar-refractivity contribution in [1.29, 1.82) is 0 Å². The number of rotatable bonds is 5. The van der Waals surface area contributed by atoms with Gasteiger partial charge < -0.3 is 5.32 Å². The number of carbonyl (C=O) groups excluding carboxylic acids is 1. The van der Waals surface area contributed by atoms with Crippen LogP contribution in [0.3, 0.4) is 0 Å². The van der Waals surface area contributed by atoms with E-state index in [-0.39, 0.29) is 23.5 Å². The topological polar surface area (TPSA) is 63.2 Å². The van der Waals surface area contributed by atoms with E-state index in [0.29, 0.717) is 11.3 Å². The van der Waals surface area contributed by atoms with Gasteiger partial charge in [-0.1, -0.05) is 20.3 Å². The molecule has 2 heterocycles. The fourth-order valence-electron chi connectivity index (χ4n) is 2.48. The maximum atomic E-state index is 12.2. The minimum absolute atomic E-state index is 0.0760. The summed E-state index contributed by atoms with van der Waals surface area (Å²) in [4.78, 5) is 14.2. The molecule has 1 fully saturated rings. The lowest BCUT2D eigenvalue weighted by Gasteiger charge is -2.09. The molecule has 1 atom stereocenters. The molecular weight excluding hydrogens is 294 g/mol. The average Bonchev–Trinajstić information content (AvgIpc) is 2.93. The minimum Gasteiger partial charge on any atom is -0.348 e. The minimum atomic E-state index is -2.95. The van der Waals surface area contributed by atoms with Crippen LogP contribution in [0.1, 0.15) is 46.8 Å². The van der Waals surface area contributed by atoms with Crippen LogP contribution in [0, 0.1) is 0 Å². The summed E-state index contributed by atoms with van der Waals surface area (Å²) in [5, 5.41) is 2.85. The summed E-state index contributed by atoms with van der Waals surface area (Å²) >= 11 is 1.54. The third-order valence-electron chi connectivity index (χ3n) is 3.55. The molecule has 1 aromatic heterocycles. The highest BCUT2D eigenvalue weighted by molar-refractivity contribution is 7.91. The van der Waals surface area contributed by atoms with Gasteiger partial charge in [-0.05, 0) is 30.9 Å². The Kier molecular flexibility index (Phi) is 4.86. The first-order valence-electron chi connectivity index (χ1n) is 7.08. The summed E-state index contributed by atoms with van der Waals surface area (Å²) in [5.41, 5.74) is 1.24. The molecule has 0 bridgehead atoms. The van der Waals surface area contributed by atoms with Crippen molar-refractivity contribution in [2.24, 2.45) is 0 Å². The van der Waals surface area contributed by atoms with Crippen molar-refractivity contribution in [3.05, 3.63) is 21.4 Å². The first-order chi connectivity index (χ1) is 9.45. The van der Waals surface area contributed by atoms with Gasteiger partial charge in [0.15, 0.2) is 9.84 Å². The summed E-state index contributed by atoms with van der Waals surface area (Å²) in [7, 11) is -2.95. The van der Waals surface area contributed by atoms with Gasteiger partial charge in [0.05, 0.1) is 16.4 Å². The number of sulfone groups is 1. The van der Waals surface area contributed by atoms with Crippen LogP contribution in [0.15, 0.2) is 6.07 Å². The van der Waals surface area contributed by atoms with E-state index in [1.807, 2.05) is 6.07 Å². The van der Waals surface area contributed by atoms with E-state index >= 15 is 0 Å². The smallest absolute Gasteiger partial charge is 0.261 e. The number of carbonyl (C=O) groups is 1. The monoisotopic (exact) mass is 315 g/mol. The van der Waals surface area contributed by atoms with Gasteiger partial charge in [-0.2, -0.15) is 0 Å².